The molecule has 0 spiro atoms. The fraction of sp³-hybridized carbons (Fsp3) is 0.292. The van der Waals surface area contributed by atoms with Gasteiger partial charge >= 0.3 is 5.97 Å². The summed E-state index contributed by atoms with van der Waals surface area (Å²) >= 11 is 1.47. The topological polar surface area (TPSA) is 69.4 Å². The number of esters is 1. The van der Waals surface area contributed by atoms with E-state index in [1.807, 2.05) is 24.3 Å². The van der Waals surface area contributed by atoms with Crippen LogP contribution in [-0.4, -0.2) is 11.0 Å². The molecule has 1 saturated carbocycles. The molecule has 0 atom stereocenters. The van der Waals surface area contributed by atoms with Crippen molar-refractivity contribution in [1.29, 1.82) is 0 Å². The summed E-state index contributed by atoms with van der Waals surface area (Å²) in [4.78, 5) is 30.3. The fourth-order valence-corrected chi connectivity index (χ4v) is 5.17. The van der Waals surface area contributed by atoms with Gasteiger partial charge in [-0.05, 0) is 44.0 Å². The summed E-state index contributed by atoms with van der Waals surface area (Å²) in [6.07, 6.45) is 5.08. The maximum atomic E-state index is 13.2. The number of benzene rings is 2. The van der Waals surface area contributed by atoms with Gasteiger partial charge in [0, 0.05) is 6.07 Å². The zero-order chi connectivity index (χ0) is 20.7. The van der Waals surface area contributed by atoms with Crippen molar-refractivity contribution in [2.24, 2.45) is 5.92 Å². The summed E-state index contributed by atoms with van der Waals surface area (Å²) in [6.45, 7) is 1.77. The van der Waals surface area contributed by atoms with E-state index in [0.29, 0.717) is 33.1 Å². The minimum absolute atomic E-state index is 0.0374. The Balaban J connectivity index is 1.51. The Kier molecular flexibility index (Phi) is 4.87. The molecule has 6 heteroatoms. The van der Waals surface area contributed by atoms with Crippen molar-refractivity contribution in [3.05, 3.63) is 58.4 Å². The van der Waals surface area contributed by atoms with Crippen LogP contribution >= 0.6 is 11.3 Å². The lowest BCUT2D eigenvalue weighted by atomic mass is 9.89. The number of fused-ring (bicyclic) bond motifs is 2. The van der Waals surface area contributed by atoms with E-state index < -0.39 is 0 Å². The summed E-state index contributed by atoms with van der Waals surface area (Å²) in [5.41, 5.74) is 1.63. The lowest BCUT2D eigenvalue weighted by Gasteiger charge is -2.19. The van der Waals surface area contributed by atoms with E-state index >= 15 is 0 Å². The molecule has 0 amide bonds. The second-order valence-electron chi connectivity index (χ2n) is 7.76. The van der Waals surface area contributed by atoms with Gasteiger partial charge in [-0.3, -0.25) is 9.59 Å². The maximum Gasteiger partial charge on any atom is 0.314 e. The second-order valence-corrected chi connectivity index (χ2v) is 8.79. The third kappa shape index (κ3) is 3.41. The molecule has 152 valence electrons. The molecule has 1 aliphatic rings. The molecule has 5 rings (SSSR count). The Hall–Kier alpha value is -2.99. The highest BCUT2D eigenvalue weighted by molar-refractivity contribution is 7.21. The summed E-state index contributed by atoms with van der Waals surface area (Å²) in [6, 6.07) is 12.8. The van der Waals surface area contributed by atoms with Crippen LogP contribution < -0.4 is 10.2 Å². The lowest BCUT2D eigenvalue weighted by molar-refractivity contribution is -0.139. The Bertz CT molecular complexity index is 1280. The molecule has 0 aliphatic heterocycles. The summed E-state index contributed by atoms with van der Waals surface area (Å²) < 4.78 is 12.6. The van der Waals surface area contributed by atoms with Gasteiger partial charge in [-0.25, -0.2) is 4.98 Å². The SMILES string of the molecule is Cc1oc2cc(OC(=O)C3CCCCC3)ccc2c(=O)c1-c1nc2ccccc2s1. The van der Waals surface area contributed by atoms with Gasteiger partial charge in [-0.1, -0.05) is 31.4 Å². The first-order valence-corrected chi connectivity index (χ1v) is 11.1. The monoisotopic (exact) mass is 419 g/mol. The predicted molar refractivity (Wildman–Crippen MR) is 118 cm³/mol. The van der Waals surface area contributed by atoms with Gasteiger partial charge in [0.05, 0.1) is 27.1 Å². The van der Waals surface area contributed by atoms with Crippen molar-refractivity contribution >= 4 is 38.5 Å². The maximum absolute atomic E-state index is 13.2. The highest BCUT2D eigenvalue weighted by Gasteiger charge is 2.23. The first-order chi connectivity index (χ1) is 14.6. The highest BCUT2D eigenvalue weighted by Crippen LogP contribution is 2.32. The molecule has 4 aromatic rings. The number of carbonyl (C=O) groups excluding carboxylic acids is 1. The normalized spacial score (nSPS) is 15.0. The van der Waals surface area contributed by atoms with E-state index in [0.717, 1.165) is 35.9 Å². The Morgan fingerprint density at radius 1 is 1.13 bits per heavy atom. The van der Waals surface area contributed by atoms with Crippen LogP contribution in [0.5, 0.6) is 5.75 Å². The smallest absolute Gasteiger partial charge is 0.314 e. The van der Waals surface area contributed by atoms with Crippen LogP contribution in [0.25, 0.3) is 31.8 Å². The number of aryl methyl sites for hydroxylation is 1. The molecule has 1 fully saturated rings. The molecule has 0 bridgehead atoms. The molecule has 2 heterocycles. The number of para-hydroxylation sites is 1. The van der Waals surface area contributed by atoms with Gasteiger partial charge in [0.15, 0.2) is 0 Å². The molecule has 2 aromatic carbocycles. The molecule has 0 N–H and O–H groups in total. The van der Waals surface area contributed by atoms with Crippen molar-refractivity contribution in [1.82, 2.24) is 4.98 Å². The quantitative estimate of drug-likeness (QED) is 0.307. The Morgan fingerprint density at radius 2 is 1.93 bits per heavy atom. The zero-order valence-corrected chi connectivity index (χ0v) is 17.5. The summed E-state index contributed by atoms with van der Waals surface area (Å²) in [5, 5.41) is 1.10. The Labute approximate surface area is 177 Å². The van der Waals surface area contributed by atoms with Crippen LogP contribution in [0.2, 0.25) is 0 Å². The molecule has 0 saturated heterocycles. The standard InChI is InChI=1S/C24H21NO4S/c1-14-21(23-25-18-9-5-6-10-20(18)30-23)22(26)17-12-11-16(13-19(17)28-14)29-24(27)15-7-3-2-4-8-15/h5-6,9-13,15H,2-4,7-8H2,1H3. The zero-order valence-electron chi connectivity index (χ0n) is 16.6. The van der Waals surface area contributed by atoms with E-state index in [-0.39, 0.29) is 17.3 Å². The second kappa shape index (κ2) is 7.69. The number of ether oxygens (including phenoxy) is 1. The van der Waals surface area contributed by atoms with Crippen LogP contribution in [-0.2, 0) is 4.79 Å². The first kappa shape index (κ1) is 19.0. The largest absolute Gasteiger partial charge is 0.460 e. The van der Waals surface area contributed by atoms with E-state index in [2.05, 4.69) is 4.98 Å². The third-order valence-corrected chi connectivity index (χ3v) is 6.76. The summed E-state index contributed by atoms with van der Waals surface area (Å²) in [7, 11) is 0. The lowest BCUT2D eigenvalue weighted by Crippen LogP contribution is -2.22. The van der Waals surface area contributed by atoms with E-state index in [4.69, 9.17) is 9.15 Å². The van der Waals surface area contributed by atoms with Crippen molar-refractivity contribution in [3.8, 4) is 16.3 Å². The average molecular weight is 420 g/mol. The van der Waals surface area contributed by atoms with Crippen LogP contribution in [0.1, 0.15) is 37.9 Å². The van der Waals surface area contributed by atoms with Gasteiger partial charge in [0.25, 0.3) is 0 Å². The van der Waals surface area contributed by atoms with Crippen molar-refractivity contribution in [2.75, 3.05) is 0 Å². The van der Waals surface area contributed by atoms with Gasteiger partial charge < -0.3 is 9.15 Å². The number of carbonyl (C=O) groups is 1. The molecule has 1 aliphatic carbocycles. The van der Waals surface area contributed by atoms with Crippen LogP contribution in [0.15, 0.2) is 51.7 Å². The molecular formula is C24H21NO4S. The van der Waals surface area contributed by atoms with Crippen molar-refractivity contribution in [2.45, 2.75) is 39.0 Å². The number of aromatic nitrogens is 1. The van der Waals surface area contributed by atoms with Crippen LogP contribution in [0.4, 0.5) is 0 Å². The molecule has 2 aromatic heterocycles. The molecule has 5 nitrogen and oxygen atoms in total. The van der Waals surface area contributed by atoms with Gasteiger partial charge in [-0.15, -0.1) is 11.3 Å². The number of nitrogens with zero attached hydrogens (tertiary/aromatic N) is 1. The molecule has 0 unspecified atom stereocenters. The average Bonchev–Trinajstić information content (AvgIpc) is 3.17. The highest BCUT2D eigenvalue weighted by atomic mass is 32.1. The van der Waals surface area contributed by atoms with Crippen LogP contribution in [0.3, 0.4) is 0 Å². The van der Waals surface area contributed by atoms with Gasteiger partial charge in [-0.2, -0.15) is 0 Å². The molecular weight excluding hydrogens is 398 g/mol. The minimum atomic E-state index is -0.195. The number of rotatable bonds is 3. The van der Waals surface area contributed by atoms with Gasteiger partial charge in [0.1, 0.15) is 22.1 Å². The third-order valence-electron chi connectivity index (χ3n) is 5.70. The Morgan fingerprint density at radius 3 is 2.73 bits per heavy atom. The number of hydrogen-bond acceptors (Lipinski definition) is 6. The predicted octanol–water partition coefficient (Wildman–Crippen LogP) is 5.86. The molecule has 0 radical (unpaired) electrons. The molecule has 30 heavy (non-hydrogen) atoms. The van der Waals surface area contributed by atoms with Crippen molar-refractivity contribution in [3.63, 3.8) is 0 Å². The van der Waals surface area contributed by atoms with Gasteiger partial charge in [0.2, 0.25) is 5.43 Å². The minimum Gasteiger partial charge on any atom is -0.460 e. The van der Waals surface area contributed by atoms with Crippen molar-refractivity contribution < 1.29 is 13.9 Å². The fourth-order valence-electron chi connectivity index (χ4n) is 4.11. The summed E-state index contributed by atoms with van der Waals surface area (Å²) in [5.74, 6) is 0.680. The van der Waals surface area contributed by atoms with Crippen LogP contribution in [0, 0.1) is 12.8 Å². The first-order valence-electron chi connectivity index (χ1n) is 10.3. The van der Waals surface area contributed by atoms with E-state index in [9.17, 15) is 9.59 Å². The van der Waals surface area contributed by atoms with E-state index in [1.165, 1.54) is 17.8 Å². The number of hydrogen-bond donors (Lipinski definition) is 0. The van der Waals surface area contributed by atoms with E-state index in [1.54, 1.807) is 25.1 Å². The number of thiazole rings is 1.